The average Bonchev–Trinajstić information content (AvgIpc) is 2.29. The fourth-order valence-corrected chi connectivity index (χ4v) is 3.75. The number of hydrogen-bond acceptors (Lipinski definition) is 1. The van der Waals surface area contributed by atoms with Crippen molar-refractivity contribution in [2.45, 2.75) is 11.7 Å². The van der Waals surface area contributed by atoms with Gasteiger partial charge in [0.1, 0.15) is 0 Å². The summed E-state index contributed by atoms with van der Waals surface area (Å²) >= 11 is 5.60. The standard InChI is InChI=1S/C13H11ClOSe/c1-9(13(14)15)16-12-8-4-6-10-5-2-3-7-11(10)12/h2-9H,1H3. The second-order valence-electron chi connectivity index (χ2n) is 3.54. The number of benzene rings is 2. The zero-order chi connectivity index (χ0) is 11.5. The SMILES string of the molecule is CC([Se]c1cccc2ccccc12)C(=O)Cl. The Hall–Kier alpha value is -0.821. The molecule has 2 rings (SSSR count). The van der Waals surface area contributed by atoms with Crippen molar-refractivity contribution < 1.29 is 4.79 Å². The van der Waals surface area contributed by atoms with E-state index in [2.05, 4.69) is 24.3 Å². The van der Waals surface area contributed by atoms with E-state index >= 15 is 0 Å². The molecule has 0 radical (unpaired) electrons. The number of halogens is 1. The predicted molar refractivity (Wildman–Crippen MR) is 69.6 cm³/mol. The zero-order valence-electron chi connectivity index (χ0n) is 8.81. The van der Waals surface area contributed by atoms with Gasteiger partial charge in [-0.15, -0.1) is 0 Å². The summed E-state index contributed by atoms with van der Waals surface area (Å²) in [5.41, 5.74) is 0. The summed E-state index contributed by atoms with van der Waals surface area (Å²) in [6.07, 6.45) is 0. The van der Waals surface area contributed by atoms with Crippen LogP contribution in [-0.4, -0.2) is 20.2 Å². The van der Waals surface area contributed by atoms with Gasteiger partial charge in [0.25, 0.3) is 0 Å². The number of hydrogen-bond donors (Lipinski definition) is 0. The topological polar surface area (TPSA) is 17.1 Å². The molecule has 2 aromatic carbocycles. The second kappa shape index (κ2) is 5.01. The van der Waals surface area contributed by atoms with E-state index in [9.17, 15) is 4.79 Å². The minimum absolute atomic E-state index is 0.0695. The van der Waals surface area contributed by atoms with E-state index in [1.807, 2.05) is 25.1 Å². The van der Waals surface area contributed by atoms with Crippen LogP contribution < -0.4 is 4.46 Å². The van der Waals surface area contributed by atoms with Crippen molar-refractivity contribution in [2.75, 3.05) is 0 Å². The molecular weight excluding hydrogens is 287 g/mol. The van der Waals surface area contributed by atoms with Crippen LogP contribution in [0.4, 0.5) is 0 Å². The molecule has 82 valence electrons. The van der Waals surface area contributed by atoms with Gasteiger partial charge in [0.15, 0.2) is 0 Å². The van der Waals surface area contributed by atoms with Crippen LogP contribution >= 0.6 is 11.6 Å². The van der Waals surface area contributed by atoms with Gasteiger partial charge in [-0.3, -0.25) is 0 Å². The Balaban J connectivity index is 2.41. The van der Waals surface area contributed by atoms with Crippen molar-refractivity contribution in [1.29, 1.82) is 0 Å². The molecule has 0 bridgehead atoms. The summed E-state index contributed by atoms with van der Waals surface area (Å²) in [5.74, 6) is 0. The Morgan fingerprint density at radius 2 is 1.88 bits per heavy atom. The van der Waals surface area contributed by atoms with E-state index in [0.717, 1.165) is 0 Å². The summed E-state index contributed by atoms with van der Waals surface area (Å²) in [6.45, 7) is 1.89. The van der Waals surface area contributed by atoms with Crippen LogP contribution in [0.2, 0.25) is 4.82 Å². The Kier molecular flexibility index (Phi) is 3.65. The molecule has 0 aliphatic rings. The van der Waals surface area contributed by atoms with Crippen LogP contribution in [0.1, 0.15) is 6.92 Å². The summed E-state index contributed by atoms with van der Waals surface area (Å²) < 4.78 is 1.24. The quantitative estimate of drug-likeness (QED) is 0.629. The van der Waals surface area contributed by atoms with Crippen molar-refractivity contribution in [3.05, 3.63) is 42.5 Å². The Morgan fingerprint density at radius 1 is 1.19 bits per heavy atom. The molecule has 1 nitrogen and oxygen atoms in total. The van der Waals surface area contributed by atoms with Crippen molar-refractivity contribution >= 4 is 47.0 Å². The monoisotopic (exact) mass is 298 g/mol. The van der Waals surface area contributed by atoms with Gasteiger partial charge in [-0.1, -0.05) is 0 Å². The normalized spacial score (nSPS) is 12.6. The summed E-state index contributed by atoms with van der Waals surface area (Å²) in [7, 11) is 0. The van der Waals surface area contributed by atoms with E-state index in [1.54, 1.807) is 0 Å². The first-order valence-corrected chi connectivity index (χ1v) is 7.24. The van der Waals surface area contributed by atoms with Gasteiger partial charge < -0.3 is 0 Å². The molecule has 0 saturated heterocycles. The minimum atomic E-state index is -0.243. The van der Waals surface area contributed by atoms with Crippen LogP contribution in [0.3, 0.4) is 0 Å². The van der Waals surface area contributed by atoms with Crippen LogP contribution in [0.15, 0.2) is 42.5 Å². The fourth-order valence-electron chi connectivity index (χ4n) is 1.54. The third kappa shape index (κ3) is 2.46. The molecule has 0 aliphatic carbocycles. The van der Waals surface area contributed by atoms with Gasteiger partial charge in [-0.2, -0.15) is 0 Å². The first-order valence-electron chi connectivity index (χ1n) is 5.02. The molecular formula is C13H11ClOSe. The second-order valence-corrected chi connectivity index (χ2v) is 6.81. The Morgan fingerprint density at radius 3 is 2.62 bits per heavy atom. The summed E-state index contributed by atoms with van der Waals surface area (Å²) in [6, 6.07) is 14.4. The molecule has 0 spiro atoms. The van der Waals surface area contributed by atoms with Crippen LogP contribution in [-0.2, 0) is 4.79 Å². The zero-order valence-corrected chi connectivity index (χ0v) is 11.3. The molecule has 0 aliphatic heterocycles. The molecule has 1 unspecified atom stereocenters. The van der Waals surface area contributed by atoms with Gasteiger partial charge in [-0.05, 0) is 0 Å². The summed E-state index contributed by atoms with van der Waals surface area (Å²) in [4.78, 5) is 11.0. The molecule has 0 fully saturated rings. The maximum absolute atomic E-state index is 11.1. The molecule has 0 saturated carbocycles. The molecule has 3 heteroatoms. The third-order valence-corrected chi connectivity index (χ3v) is 5.46. The van der Waals surface area contributed by atoms with Gasteiger partial charge in [0.05, 0.1) is 0 Å². The molecule has 2 aromatic rings. The third-order valence-electron chi connectivity index (χ3n) is 2.37. The molecule has 0 amide bonds. The Bertz CT molecular complexity index is 519. The molecule has 16 heavy (non-hydrogen) atoms. The fraction of sp³-hybridized carbons (Fsp3) is 0.154. The number of fused-ring (bicyclic) bond motifs is 1. The average molecular weight is 298 g/mol. The Labute approximate surface area is 106 Å². The van der Waals surface area contributed by atoms with E-state index < -0.39 is 0 Å². The molecule has 0 heterocycles. The van der Waals surface area contributed by atoms with Crippen molar-refractivity contribution in [3.63, 3.8) is 0 Å². The summed E-state index contributed by atoms with van der Waals surface area (Å²) in [5, 5.41) is 2.21. The number of rotatable bonds is 3. The van der Waals surface area contributed by atoms with E-state index in [0.29, 0.717) is 0 Å². The van der Waals surface area contributed by atoms with E-state index in [4.69, 9.17) is 11.6 Å². The van der Waals surface area contributed by atoms with Crippen molar-refractivity contribution in [2.24, 2.45) is 0 Å². The van der Waals surface area contributed by atoms with Crippen LogP contribution in [0.5, 0.6) is 0 Å². The molecule has 0 N–H and O–H groups in total. The first-order chi connectivity index (χ1) is 7.68. The van der Waals surface area contributed by atoms with Crippen LogP contribution in [0.25, 0.3) is 10.8 Å². The van der Waals surface area contributed by atoms with Crippen molar-refractivity contribution in [3.8, 4) is 0 Å². The predicted octanol–water partition coefficient (Wildman–Crippen LogP) is 2.74. The van der Waals surface area contributed by atoms with Crippen molar-refractivity contribution in [1.82, 2.24) is 0 Å². The first kappa shape index (κ1) is 11.7. The van der Waals surface area contributed by atoms with E-state index in [1.165, 1.54) is 15.2 Å². The van der Waals surface area contributed by atoms with Gasteiger partial charge >= 0.3 is 106 Å². The molecule has 1 atom stereocenters. The number of carbonyl (C=O) groups is 1. The number of carbonyl (C=O) groups excluding carboxylic acids is 1. The van der Waals surface area contributed by atoms with E-state index in [-0.39, 0.29) is 25.0 Å². The maximum atomic E-state index is 11.1. The van der Waals surface area contributed by atoms with Gasteiger partial charge in [0, 0.05) is 0 Å². The van der Waals surface area contributed by atoms with Gasteiger partial charge in [0.2, 0.25) is 0 Å². The van der Waals surface area contributed by atoms with Crippen LogP contribution in [0, 0.1) is 0 Å². The van der Waals surface area contributed by atoms with Gasteiger partial charge in [-0.25, -0.2) is 0 Å². The molecule has 0 aromatic heterocycles.